The molecular weight excluding hydrogens is 262 g/mol. The number of methoxy groups -OCH3 is 1. The minimum atomic E-state index is -0.304. The maximum absolute atomic E-state index is 11.6. The number of rotatable bonds is 5. The minimum absolute atomic E-state index is 0.304. The maximum atomic E-state index is 11.6. The number of hydrogen-bond donors (Lipinski definition) is 1. The second kappa shape index (κ2) is 6.00. The molecule has 0 aliphatic heterocycles. The van der Waals surface area contributed by atoms with Gasteiger partial charge in [0, 0.05) is 5.69 Å². The molecule has 0 bridgehead atoms. The molecule has 2 aromatic rings. The van der Waals surface area contributed by atoms with Crippen molar-refractivity contribution in [2.24, 2.45) is 5.92 Å². The van der Waals surface area contributed by atoms with E-state index < -0.39 is 0 Å². The molecule has 0 heterocycles. The summed E-state index contributed by atoms with van der Waals surface area (Å²) in [6.07, 6.45) is 2.51. The van der Waals surface area contributed by atoms with Crippen LogP contribution in [0.25, 0.3) is 0 Å². The number of benzene rings is 2. The van der Waals surface area contributed by atoms with Gasteiger partial charge in [-0.15, -0.1) is 0 Å². The van der Waals surface area contributed by atoms with Crippen molar-refractivity contribution in [3.63, 3.8) is 0 Å². The van der Waals surface area contributed by atoms with Gasteiger partial charge in [0.1, 0.15) is 0 Å². The second-order valence-corrected chi connectivity index (χ2v) is 5.44. The quantitative estimate of drug-likeness (QED) is 0.841. The van der Waals surface area contributed by atoms with Crippen LogP contribution in [0.1, 0.15) is 34.8 Å². The van der Waals surface area contributed by atoms with Crippen molar-refractivity contribution in [2.45, 2.75) is 18.9 Å². The van der Waals surface area contributed by atoms with E-state index in [-0.39, 0.29) is 5.97 Å². The monoisotopic (exact) mass is 281 g/mol. The van der Waals surface area contributed by atoms with E-state index >= 15 is 0 Å². The number of ether oxygens (including phenoxy) is 1. The zero-order valence-corrected chi connectivity index (χ0v) is 12.1. The van der Waals surface area contributed by atoms with Crippen LogP contribution in [0.2, 0.25) is 0 Å². The lowest BCUT2D eigenvalue weighted by atomic mass is 10.0. The molecule has 21 heavy (non-hydrogen) atoms. The predicted octanol–water partition coefficient (Wildman–Crippen LogP) is 4.04. The molecule has 1 saturated carbocycles. The van der Waals surface area contributed by atoms with E-state index in [2.05, 4.69) is 29.6 Å². The summed E-state index contributed by atoms with van der Waals surface area (Å²) in [5, 5.41) is 3.57. The highest BCUT2D eigenvalue weighted by Crippen LogP contribution is 2.42. The van der Waals surface area contributed by atoms with Crippen molar-refractivity contribution in [1.29, 1.82) is 0 Å². The zero-order chi connectivity index (χ0) is 14.7. The standard InChI is InChI=1S/C18H19NO2/c1-21-18(20)15-8-5-9-16(12-15)19-17(14-10-11-14)13-6-3-2-4-7-13/h2-9,12,14,17,19H,10-11H2,1H3. The zero-order valence-electron chi connectivity index (χ0n) is 12.1. The molecule has 1 atom stereocenters. The molecular formula is C18H19NO2. The van der Waals surface area contributed by atoms with Gasteiger partial charge in [-0.05, 0) is 42.5 Å². The van der Waals surface area contributed by atoms with Gasteiger partial charge in [-0.25, -0.2) is 4.79 Å². The van der Waals surface area contributed by atoms with E-state index in [4.69, 9.17) is 4.74 Å². The van der Waals surface area contributed by atoms with Crippen LogP contribution in [0.3, 0.4) is 0 Å². The van der Waals surface area contributed by atoms with E-state index in [1.165, 1.54) is 25.5 Å². The van der Waals surface area contributed by atoms with Crippen LogP contribution in [0, 0.1) is 5.92 Å². The lowest BCUT2D eigenvalue weighted by Gasteiger charge is -2.20. The molecule has 3 heteroatoms. The third-order valence-electron chi connectivity index (χ3n) is 3.86. The van der Waals surface area contributed by atoms with Crippen LogP contribution in [-0.2, 0) is 4.74 Å². The molecule has 1 fully saturated rings. The fraction of sp³-hybridized carbons (Fsp3) is 0.278. The summed E-state index contributed by atoms with van der Waals surface area (Å²) in [4.78, 5) is 11.6. The Morgan fingerprint density at radius 1 is 1.14 bits per heavy atom. The highest BCUT2D eigenvalue weighted by molar-refractivity contribution is 5.90. The Bertz CT molecular complexity index is 620. The molecule has 1 N–H and O–H groups in total. The summed E-state index contributed by atoms with van der Waals surface area (Å²) in [5.74, 6) is 0.371. The Balaban J connectivity index is 1.82. The number of nitrogens with one attached hydrogen (secondary N) is 1. The van der Waals surface area contributed by atoms with Crippen LogP contribution >= 0.6 is 0 Å². The first-order valence-corrected chi connectivity index (χ1v) is 7.28. The molecule has 108 valence electrons. The summed E-state index contributed by atoms with van der Waals surface area (Å²) in [7, 11) is 1.40. The van der Waals surface area contributed by atoms with Crippen molar-refractivity contribution in [3.05, 3.63) is 65.7 Å². The molecule has 1 unspecified atom stereocenters. The van der Waals surface area contributed by atoms with Gasteiger partial charge in [0.2, 0.25) is 0 Å². The fourth-order valence-electron chi connectivity index (χ4n) is 2.60. The Hall–Kier alpha value is -2.29. The molecule has 3 nitrogen and oxygen atoms in total. The third kappa shape index (κ3) is 3.24. The summed E-state index contributed by atoms with van der Waals surface area (Å²) in [6, 6.07) is 18.3. The van der Waals surface area contributed by atoms with Gasteiger partial charge in [-0.2, -0.15) is 0 Å². The number of esters is 1. The van der Waals surface area contributed by atoms with Crippen molar-refractivity contribution in [2.75, 3.05) is 12.4 Å². The average Bonchev–Trinajstić information content (AvgIpc) is 3.38. The van der Waals surface area contributed by atoms with Crippen LogP contribution in [-0.4, -0.2) is 13.1 Å². The van der Waals surface area contributed by atoms with E-state index in [0.717, 1.165) is 5.69 Å². The van der Waals surface area contributed by atoms with E-state index in [1.54, 1.807) is 6.07 Å². The molecule has 1 aliphatic carbocycles. The lowest BCUT2D eigenvalue weighted by molar-refractivity contribution is 0.0601. The molecule has 0 spiro atoms. The van der Waals surface area contributed by atoms with Crippen LogP contribution in [0.5, 0.6) is 0 Å². The van der Waals surface area contributed by atoms with Gasteiger partial charge >= 0.3 is 5.97 Å². The summed E-state index contributed by atoms with van der Waals surface area (Å²) in [6.45, 7) is 0. The Kier molecular flexibility index (Phi) is 3.91. The molecule has 0 radical (unpaired) electrons. The number of anilines is 1. The highest BCUT2D eigenvalue weighted by Gasteiger charge is 2.32. The molecule has 1 aliphatic rings. The maximum Gasteiger partial charge on any atom is 0.337 e. The average molecular weight is 281 g/mol. The largest absolute Gasteiger partial charge is 0.465 e. The van der Waals surface area contributed by atoms with Crippen LogP contribution < -0.4 is 5.32 Å². The van der Waals surface area contributed by atoms with Crippen LogP contribution in [0.15, 0.2) is 54.6 Å². The highest BCUT2D eigenvalue weighted by atomic mass is 16.5. The van der Waals surface area contributed by atoms with E-state index in [1.807, 2.05) is 24.3 Å². The third-order valence-corrected chi connectivity index (χ3v) is 3.86. The van der Waals surface area contributed by atoms with E-state index in [0.29, 0.717) is 17.5 Å². The number of hydrogen-bond acceptors (Lipinski definition) is 3. The SMILES string of the molecule is COC(=O)c1cccc(NC(c2ccccc2)C2CC2)c1. The lowest BCUT2D eigenvalue weighted by Crippen LogP contribution is -2.13. The van der Waals surface area contributed by atoms with Gasteiger partial charge in [0.05, 0.1) is 18.7 Å². The smallest absolute Gasteiger partial charge is 0.337 e. The second-order valence-electron chi connectivity index (χ2n) is 5.44. The fourth-order valence-corrected chi connectivity index (χ4v) is 2.60. The minimum Gasteiger partial charge on any atom is -0.465 e. The van der Waals surface area contributed by atoms with Gasteiger partial charge < -0.3 is 10.1 Å². The van der Waals surface area contributed by atoms with E-state index in [9.17, 15) is 4.79 Å². The van der Waals surface area contributed by atoms with Gasteiger partial charge in [0.25, 0.3) is 0 Å². The molecule has 2 aromatic carbocycles. The topological polar surface area (TPSA) is 38.3 Å². The van der Waals surface area contributed by atoms with Gasteiger partial charge in [-0.3, -0.25) is 0 Å². The van der Waals surface area contributed by atoms with Crippen LogP contribution in [0.4, 0.5) is 5.69 Å². The Morgan fingerprint density at radius 2 is 1.90 bits per heavy atom. The van der Waals surface area contributed by atoms with Crippen molar-refractivity contribution >= 4 is 11.7 Å². The normalized spacial score (nSPS) is 15.3. The number of carbonyl (C=O) groups is 1. The molecule has 3 rings (SSSR count). The van der Waals surface area contributed by atoms with Crippen molar-refractivity contribution in [3.8, 4) is 0 Å². The first-order chi connectivity index (χ1) is 10.3. The molecule has 0 saturated heterocycles. The predicted molar refractivity (Wildman–Crippen MR) is 83.3 cm³/mol. The van der Waals surface area contributed by atoms with Crippen molar-refractivity contribution in [1.82, 2.24) is 0 Å². The van der Waals surface area contributed by atoms with Gasteiger partial charge in [0.15, 0.2) is 0 Å². The molecule has 0 amide bonds. The first kappa shape index (κ1) is 13.7. The first-order valence-electron chi connectivity index (χ1n) is 7.28. The number of carbonyl (C=O) groups excluding carboxylic acids is 1. The summed E-state index contributed by atoms with van der Waals surface area (Å²) >= 11 is 0. The van der Waals surface area contributed by atoms with Crippen molar-refractivity contribution < 1.29 is 9.53 Å². The summed E-state index contributed by atoms with van der Waals surface area (Å²) < 4.78 is 4.77. The molecule has 0 aromatic heterocycles. The Morgan fingerprint density at radius 3 is 2.57 bits per heavy atom. The van der Waals surface area contributed by atoms with Gasteiger partial charge in [-0.1, -0.05) is 36.4 Å². The summed E-state index contributed by atoms with van der Waals surface area (Å²) in [5.41, 5.74) is 2.83. The Labute approximate surface area is 124 Å².